The highest BCUT2D eigenvalue weighted by molar-refractivity contribution is 5.91. The Balaban J connectivity index is 2.29. The third-order valence-electron chi connectivity index (χ3n) is 11.9. The number of likely N-dealkylation sites (N-methyl/N-ethyl adjacent to an activating group) is 2. The fourth-order valence-corrected chi connectivity index (χ4v) is 8.48. The highest BCUT2D eigenvalue weighted by Crippen LogP contribution is 2.32. The third kappa shape index (κ3) is 12.4. The largest absolute Gasteiger partial charge is 0.396 e. The minimum atomic E-state index is -0.689. The molecule has 11 nitrogen and oxygen atoms in total. The van der Waals surface area contributed by atoms with E-state index in [1.807, 2.05) is 83.9 Å². The smallest absolute Gasteiger partial charge is 0.226 e. The summed E-state index contributed by atoms with van der Waals surface area (Å²) in [6.07, 6.45) is 2.29. The lowest BCUT2D eigenvalue weighted by Crippen LogP contribution is -2.54. The molecule has 1 fully saturated rings. The molecule has 1 heterocycles. The van der Waals surface area contributed by atoms with Crippen molar-refractivity contribution in [1.82, 2.24) is 20.0 Å². The van der Waals surface area contributed by atoms with Crippen molar-refractivity contribution in [2.24, 2.45) is 35.5 Å². The summed E-state index contributed by atoms with van der Waals surface area (Å²) in [6.45, 7) is 15.8. The first-order valence-electron chi connectivity index (χ1n) is 20.2. The number of carbonyl (C=O) groups is 5. The number of amides is 3. The van der Waals surface area contributed by atoms with Gasteiger partial charge in [-0.3, -0.25) is 28.9 Å². The van der Waals surface area contributed by atoms with Gasteiger partial charge >= 0.3 is 0 Å². The standard InChI is InChI=1S/C43H72N4O7/c1-13-29(7)41(46(11)43(53)32(27(3)4)24-37(50)40(28(5)6)45(9)10)38(54-12)25-39(51)47-22-18-21-35(47)33(26-48)30(8)42(52)44-34(36(49)14-2)23-31-19-16-15-17-20-31/h15-17,19-20,27-30,32-35,38,40-41,48H,13-14,18,21-26H2,1-12H3,(H,44,52)/t29-,30+,32-,33+,34-,35-,38+,40?,41-/m0/s1. The summed E-state index contributed by atoms with van der Waals surface area (Å²) < 4.78 is 6.03. The van der Waals surface area contributed by atoms with E-state index in [4.69, 9.17) is 4.74 Å². The van der Waals surface area contributed by atoms with E-state index in [1.165, 1.54) is 0 Å². The molecule has 1 aliphatic rings. The lowest BCUT2D eigenvalue weighted by Gasteiger charge is -2.41. The van der Waals surface area contributed by atoms with Crippen molar-refractivity contribution < 1.29 is 33.8 Å². The molecule has 54 heavy (non-hydrogen) atoms. The van der Waals surface area contributed by atoms with Gasteiger partial charge in [0.05, 0.1) is 30.7 Å². The molecule has 11 heteroatoms. The molecule has 1 unspecified atom stereocenters. The molecule has 1 saturated heterocycles. The fraction of sp³-hybridized carbons (Fsp3) is 0.744. The molecule has 3 amide bonds. The molecular formula is C43H72N4O7. The number of hydrogen-bond acceptors (Lipinski definition) is 8. The van der Waals surface area contributed by atoms with Crippen molar-refractivity contribution in [3.63, 3.8) is 0 Å². The van der Waals surface area contributed by atoms with Crippen molar-refractivity contribution in [3.05, 3.63) is 35.9 Å². The van der Waals surface area contributed by atoms with Crippen molar-refractivity contribution in [3.8, 4) is 0 Å². The Morgan fingerprint density at radius 1 is 0.926 bits per heavy atom. The van der Waals surface area contributed by atoms with Crippen LogP contribution in [-0.2, 0) is 35.1 Å². The van der Waals surface area contributed by atoms with E-state index < -0.39 is 35.9 Å². The van der Waals surface area contributed by atoms with Crippen LogP contribution in [0.25, 0.3) is 0 Å². The molecule has 1 aliphatic heterocycles. The molecular weight excluding hydrogens is 684 g/mol. The number of aliphatic hydroxyl groups is 1. The second kappa shape index (κ2) is 22.4. The van der Waals surface area contributed by atoms with Crippen molar-refractivity contribution in [2.45, 2.75) is 131 Å². The molecule has 2 rings (SSSR count). The van der Waals surface area contributed by atoms with Gasteiger partial charge in [0.2, 0.25) is 17.7 Å². The van der Waals surface area contributed by atoms with Gasteiger partial charge in [-0.1, -0.05) is 92.1 Å². The maximum atomic E-state index is 14.3. The Morgan fingerprint density at radius 2 is 1.56 bits per heavy atom. The van der Waals surface area contributed by atoms with Crippen LogP contribution in [0.2, 0.25) is 0 Å². The number of rotatable bonds is 23. The quantitative estimate of drug-likeness (QED) is 0.159. The van der Waals surface area contributed by atoms with Gasteiger partial charge in [0.1, 0.15) is 0 Å². The van der Waals surface area contributed by atoms with Gasteiger partial charge in [-0.05, 0) is 56.7 Å². The Hall–Kier alpha value is -3.15. The van der Waals surface area contributed by atoms with E-state index in [-0.39, 0.29) is 85.0 Å². The van der Waals surface area contributed by atoms with E-state index in [0.717, 1.165) is 18.4 Å². The number of methoxy groups -OCH3 is 1. The molecule has 0 radical (unpaired) electrons. The zero-order chi connectivity index (χ0) is 40.9. The van der Waals surface area contributed by atoms with Crippen molar-refractivity contribution >= 4 is 29.3 Å². The number of carbonyl (C=O) groups excluding carboxylic acids is 5. The monoisotopic (exact) mass is 757 g/mol. The zero-order valence-corrected chi connectivity index (χ0v) is 35.3. The molecule has 0 spiro atoms. The number of Topliss-reactive ketones (excluding diaryl/α,β-unsaturated/α-hetero) is 2. The summed E-state index contributed by atoms with van der Waals surface area (Å²) in [7, 11) is 7.10. The number of ketones is 2. The van der Waals surface area contributed by atoms with Gasteiger partial charge in [0, 0.05) is 63.9 Å². The zero-order valence-electron chi connectivity index (χ0n) is 35.3. The molecule has 0 aromatic heterocycles. The first-order valence-corrected chi connectivity index (χ1v) is 20.2. The Labute approximate surface area is 325 Å². The SMILES string of the molecule is CCC(=O)[C@H](Cc1ccccc1)NC(=O)[C@H](C)[C@@H](CO)[C@@H]1CCCN1C(=O)C[C@@H](OC)[C@H]([C@@H](C)CC)N(C)C(=O)[C@@H](CC(=O)C(C(C)C)N(C)C)C(C)C. The number of nitrogens with zero attached hydrogens (tertiary/aromatic N) is 3. The third-order valence-corrected chi connectivity index (χ3v) is 11.9. The molecule has 1 aromatic rings. The highest BCUT2D eigenvalue weighted by Gasteiger charge is 2.43. The topological polar surface area (TPSA) is 137 Å². The molecule has 2 N–H and O–H groups in total. The van der Waals surface area contributed by atoms with Crippen LogP contribution < -0.4 is 5.32 Å². The van der Waals surface area contributed by atoms with E-state index in [2.05, 4.69) is 12.2 Å². The molecule has 306 valence electrons. The van der Waals surface area contributed by atoms with Crippen LogP contribution in [0, 0.1) is 35.5 Å². The lowest BCUT2D eigenvalue weighted by atomic mass is 9.83. The van der Waals surface area contributed by atoms with Crippen LogP contribution in [0.4, 0.5) is 0 Å². The Bertz CT molecular complexity index is 1340. The number of hydrogen-bond donors (Lipinski definition) is 2. The van der Waals surface area contributed by atoms with E-state index >= 15 is 0 Å². The normalized spacial score (nSPS) is 19.2. The number of likely N-dealkylation sites (tertiary alicyclic amines) is 1. The van der Waals surface area contributed by atoms with Gasteiger partial charge in [-0.15, -0.1) is 0 Å². The molecule has 0 saturated carbocycles. The van der Waals surface area contributed by atoms with E-state index in [9.17, 15) is 29.1 Å². The summed E-state index contributed by atoms with van der Waals surface area (Å²) in [5, 5.41) is 13.6. The summed E-state index contributed by atoms with van der Waals surface area (Å²) in [4.78, 5) is 74.0. The maximum Gasteiger partial charge on any atom is 0.226 e. The van der Waals surface area contributed by atoms with Crippen LogP contribution >= 0.6 is 0 Å². The maximum absolute atomic E-state index is 14.3. The second-order valence-corrected chi connectivity index (χ2v) is 16.5. The van der Waals surface area contributed by atoms with E-state index in [1.54, 1.807) is 37.8 Å². The summed E-state index contributed by atoms with van der Waals surface area (Å²) in [5.41, 5.74) is 0.941. The van der Waals surface area contributed by atoms with Crippen molar-refractivity contribution in [2.75, 3.05) is 41.4 Å². The average molecular weight is 757 g/mol. The van der Waals surface area contributed by atoms with Gasteiger partial charge in [-0.2, -0.15) is 0 Å². The predicted molar refractivity (Wildman–Crippen MR) is 214 cm³/mol. The van der Waals surface area contributed by atoms with Crippen LogP contribution in [0.15, 0.2) is 30.3 Å². The molecule has 0 bridgehead atoms. The minimum absolute atomic E-state index is 0.0108. The summed E-state index contributed by atoms with van der Waals surface area (Å²) in [6, 6.07) is 7.76. The summed E-state index contributed by atoms with van der Waals surface area (Å²) >= 11 is 0. The summed E-state index contributed by atoms with van der Waals surface area (Å²) in [5.74, 6) is -2.36. The van der Waals surface area contributed by atoms with Crippen LogP contribution in [0.5, 0.6) is 0 Å². The highest BCUT2D eigenvalue weighted by atomic mass is 16.5. The van der Waals surface area contributed by atoms with Gasteiger partial charge < -0.3 is 25.0 Å². The van der Waals surface area contributed by atoms with Crippen LogP contribution in [-0.4, -0.2) is 121 Å². The molecule has 0 aliphatic carbocycles. The first kappa shape index (κ1) is 47.0. The second-order valence-electron chi connectivity index (χ2n) is 16.5. The fourth-order valence-electron chi connectivity index (χ4n) is 8.48. The van der Waals surface area contributed by atoms with Gasteiger partial charge in [0.15, 0.2) is 11.6 Å². The van der Waals surface area contributed by atoms with Crippen molar-refractivity contribution in [1.29, 1.82) is 0 Å². The number of aliphatic hydroxyl groups excluding tert-OH is 1. The number of ether oxygens (including phenoxy) is 1. The lowest BCUT2D eigenvalue weighted by molar-refractivity contribution is -0.148. The van der Waals surface area contributed by atoms with Gasteiger partial charge in [-0.25, -0.2) is 0 Å². The average Bonchev–Trinajstić information content (AvgIpc) is 3.62. The molecule has 1 aromatic carbocycles. The van der Waals surface area contributed by atoms with E-state index in [0.29, 0.717) is 19.4 Å². The van der Waals surface area contributed by atoms with Gasteiger partial charge in [0.25, 0.3) is 0 Å². The number of nitrogens with one attached hydrogen (secondary N) is 1. The Morgan fingerprint density at radius 3 is 2.06 bits per heavy atom. The predicted octanol–water partition coefficient (Wildman–Crippen LogP) is 5.02. The van der Waals surface area contributed by atoms with Crippen LogP contribution in [0.1, 0.15) is 99.5 Å². The molecule has 9 atom stereocenters. The minimum Gasteiger partial charge on any atom is -0.396 e. The van der Waals surface area contributed by atoms with Crippen LogP contribution in [0.3, 0.4) is 0 Å². The number of benzene rings is 1. The Kier molecular flexibility index (Phi) is 19.5. The first-order chi connectivity index (χ1) is 25.4.